The number of carboxylic acids is 1. The molecule has 0 unspecified atom stereocenters. The number of hydrogen-bond acceptors (Lipinski definition) is 3. The van der Waals surface area contributed by atoms with Gasteiger partial charge in [0.2, 0.25) is 0 Å². The van der Waals surface area contributed by atoms with Crippen molar-refractivity contribution >= 4 is 35.0 Å². The standard InChI is InChI=1S/C12H8Cl2N2O2/c13-7-1-2-8(10(14)4-7)9-3-6(12(17)18)5-16-11(9)15/h1-5H,(H2,15,16)(H,17,18). The zero-order valence-electron chi connectivity index (χ0n) is 9.02. The summed E-state index contributed by atoms with van der Waals surface area (Å²) in [6.07, 6.45) is 1.20. The highest BCUT2D eigenvalue weighted by molar-refractivity contribution is 6.36. The zero-order valence-corrected chi connectivity index (χ0v) is 10.5. The van der Waals surface area contributed by atoms with E-state index in [9.17, 15) is 4.79 Å². The van der Waals surface area contributed by atoms with Gasteiger partial charge in [0, 0.05) is 22.3 Å². The number of carboxylic acid groups (broad SMARTS) is 1. The minimum atomic E-state index is -1.08. The molecule has 0 fully saturated rings. The lowest BCUT2D eigenvalue weighted by molar-refractivity contribution is 0.0696. The summed E-state index contributed by atoms with van der Waals surface area (Å²) < 4.78 is 0. The largest absolute Gasteiger partial charge is 0.478 e. The van der Waals surface area contributed by atoms with Gasteiger partial charge in [0.05, 0.1) is 10.6 Å². The van der Waals surface area contributed by atoms with Crippen molar-refractivity contribution in [2.75, 3.05) is 5.73 Å². The molecule has 0 aliphatic rings. The molecule has 2 aromatic rings. The smallest absolute Gasteiger partial charge is 0.337 e. The van der Waals surface area contributed by atoms with Crippen molar-refractivity contribution in [3.63, 3.8) is 0 Å². The lowest BCUT2D eigenvalue weighted by atomic mass is 10.0. The molecule has 2 rings (SSSR count). The molecule has 0 saturated carbocycles. The van der Waals surface area contributed by atoms with E-state index in [0.29, 0.717) is 21.2 Å². The van der Waals surface area contributed by atoms with Crippen LogP contribution < -0.4 is 5.73 Å². The van der Waals surface area contributed by atoms with E-state index in [4.69, 9.17) is 34.0 Å². The molecule has 0 saturated heterocycles. The molecular weight excluding hydrogens is 275 g/mol. The van der Waals surface area contributed by atoms with E-state index in [1.54, 1.807) is 18.2 Å². The van der Waals surface area contributed by atoms with Gasteiger partial charge in [-0.2, -0.15) is 0 Å². The number of nitrogens with two attached hydrogens (primary N) is 1. The number of anilines is 1. The number of nitrogens with zero attached hydrogens (tertiary/aromatic N) is 1. The summed E-state index contributed by atoms with van der Waals surface area (Å²) in [6, 6.07) is 6.31. The Balaban J connectivity index is 2.62. The van der Waals surface area contributed by atoms with E-state index < -0.39 is 5.97 Å². The molecule has 0 aliphatic carbocycles. The van der Waals surface area contributed by atoms with Crippen LogP contribution in [0, 0.1) is 0 Å². The molecule has 0 atom stereocenters. The second-order valence-corrected chi connectivity index (χ2v) is 4.43. The van der Waals surface area contributed by atoms with Crippen molar-refractivity contribution in [1.82, 2.24) is 4.98 Å². The summed E-state index contributed by atoms with van der Waals surface area (Å²) >= 11 is 11.9. The first-order valence-corrected chi connectivity index (χ1v) is 5.69. The van der Waals surface area contributed by atoms with Crippen LogP contribution in [0.4, 0.5) is 5.82 Å². The summed E-state index contributed by atoms with van der Waals surface area (Å²) in [4.78, 5) is 14.7. The monoisotopic (exact) mass is 282 g/mol. The molecule has 92 valence electrons. The third kappa shape index (κ3) is 2.39. The number of aromatic carboxylic acids is 1. The average Bonchev–Trinajstić information content (AvgIpc) is 2.30. The topological polar surface area (TPSA) is 76.2 Å². The Morgan fingerprint density at radius 3 is 2.56 bits per heavy atom. The van der Waals surface area contributed by atoms with E-state index in [0.717, 1.165) is 0 Å². The Morgan fingerprint density at radius 2 is 1.94 bits per heavy atom. The van der Waals surface area contributed by atoms with Crippen LogP contribution in [-0.2, 0) is 0 Å². The van der Waals surface area contributed by atoms with Crippen molar-refractivity contribution in [3.05, 3.63) is 46.1 Å². The number of rotatable bonds is 2. The van der Waals surface area contributed by atoms with Crippen molar-refractivity contribution < 1.29 is 9.90 Å². The van der Waals surface area contributed by atoms with Crippen LogP contribution in [0.2, 0.25) is 10.0 Å². The number of benzene rings is 1. The summed E-state index contributed by atoms with van der Waals surface area (Å²) in [5, 5.41) is 9.80. The van der Waals surface area contributed by atoms with Crippen molar-refractivity contribution in [2.45, 2.75) is 0 Å². The third-order valence-corrected chi connectivity index (χ3v) is 2.93. The lowest BCUT2D eigenvalue weighted by Gasteiger charge is -2.08. The Morgan fingerprint density at radius 1 is 1.22 bits per heavy atom. The number of nitrogen functional groups attached to an aromatic ring is 1. The molecule has 1 aromatic heterocycles. The van der Waals surface area contributed by atoms with Crippen LogP contribution in [0.3, 0.4) is 0 Å². The number of pyridine rings is 1. The van der Waals surface area contributed by atoms with Gasteiger partial charge in [-0.25, -0.2) is 9.78 Å². The fraction of sp³-hybridized carbons (Fsp3) is 0. The van der Waals surface area contributed by atoms with Crippen molar-refractivity contribution in [2.24, 2.45) is 0 Å². The van der Waals surface area contributed by atoms with Gasteiger partial charge < -0.3 is 10.8 Å². The first-order chi connectivity index (χ1) is 8.49. The van der Waals surface area contributed by atoms with Crippen LogP contribution >= 0.6 is 23.2 Å². The SMILES string of the molecule is Nc1ncc(C(=O)O)cc1-c1ccc(Cl)cc1Cl. The van der Waals surface area contributed by atoms with Gasteiger partial charge in [0.15, 0.2) is 0 Å². The molecule has 0 bridgehead atoms. The maximum absolute atomic E-state index is 10.9. The molecule has 4 nitrogen and oxygen atoms in total. The lowest BCUT2D eigenvalue weighted by Crippen LogP contribution is -2.01. The van der Waals surface area contributed by atoms with Gasteiger partial charge in [-0.1, -0.05) is 29.3 Å². The summed E-state index contributed by atoms with van der Waals surface area (Å²) in [7, 11) is 0. The van der Waals surface area contributed by atoms with Crippen LogP contribution in [0.5, 0.6) is 0 Å². The predicted octanol–water partition coefficient (Wildman–Crippen LogP) is 3.34. The molecular formula is C12H8Cl2N2O2. The van der Waals surface area contributed by atoms with E-state index in [1.165, 1.54) is 12.3 Å². The van der Waals surface area contributed by atoms with Gasteiger partial charge in [-0.05, 0) is 18.2 Å². The highest BCUT2D eigenvalue weighted by Gasteiger charge is 2.12. The molecule has 18 heavy (non-hydrogen) atoms. The van der Waals surface area contributed by atoms with Crippen molar-refractivity contribution in [1.29, 1.82) is 0 Å². The fourth-order valence-electron chi connectivity index (χ4n) is 1.52. The van der Waals surface area contributed by atoms with E-state index in [1.807, 2.05) is 0 Å². The fourth-order valence-corrected chi connectivity index (χ4v) is 2.03. The molecule has 0 spiro atoms. The number of halogens is 2. The van der Waals surface area contributed by atoms with E-state index >= 15 is 0 Å². The molecule has 1 heterocycles. The Hall–Kier alpha value is -1.78. The van der Waals surface area contributed by atoms with Crippen LogP contribution in [-0.4, -0.2) is 16.1 Å². The number of hydrogen-bond donors (Lipinski definition) is 2. The quantitative estimate of drug-likeness (QED) is 0.886. The summed E-state index contributed by atoms with van der Waals surface area (Å²) in [6.45, 7) is 0. The molecule has 0 radical (unpaired) electrons. The average molecular weight is 283 g/mol. The normalized spacial score (nSPS) is 10.3. The van der Waals surface area contributed by atoms with Gasteiger partial charge in [-0.3, -0.25) is 0 Å². The zero-order chi connectivity index (χ0) is 13.3. The van der Waals surface area contributed by atoms with Gasteiger partial charge >= 0.3 is 5.97 Å². The molecule has 0 aliphatic heterocycles. The number of carbonyl (C=O) groups is 1. The van der Waals surface area contributed by atoms with Crippen LogP contribution in [0.15, 0.2) is 30.5 Å². The molecule has 1 aromatic carbocycles. The van der Waals surface area contributed by atoms with Crippen LogP contribution in [0.1, 0.15) is 10.4 Å². The highest BCUT2D eigenvalue weighted by atomic mass is 35.5. The maximum Gasteiger partial charge on any atom is 0.337 e. The Labute approximate surface area is 113 Å². The summed E-state index contributed by atoms with van der Waals surface area (Å²) in [5.41, 5.74) is 6.84. The minimum absolute atomic E-state index is 0.0465. The van der Waals surface area contributed by atoms with Gasteiger partial charge in [0.1, 0.15) is 5.82 Å². The third-order valence-electron chi connectivity index (χ3n) is 2.39. The first kappa shape index (κ1) is 12.7. The Bertz CT molecular complexity index is 629. The Kier molecular flexibility index (Phi) is 3.41. The maximum atomic E-state index is 10.9. The van der Waals surface area contributed by atoms with Crippen molar-refractivity contribution in [3.8, 4) is 11.1 Å². The second-order valence-electron chi connectivity index (χ2n) is 3.59. The highest BCUT2D eigenvalue weighted by Crippen LogP contribution is 2.33. The summed E-state index contributed by atoms with van der Waals surface area (Å²) in [5.74, 6) is -0.863. The molecule has 3 N–H and O–H groups in total. The van der Waals surface area contributed by atoms with Gasteiger partial charge in [-0.15, -0.1) is 0 Å². The predicted molar refractivity (Wildman–Crippen MR) is 71.1 cm³/mol. The van der Waals surface area contributed by atoms with E-state index in [-0.39, 0.29) is 11.4 Å². The van der Waals surface area contributed by atoms with Gasteiger partial charge in [0.25, 0.3) is 0 Å². The van der Waals surface area contributed by atoms with Crippen LogP contribution in [0.25, 0.3) is 11.1 Å². The first-order valence-electron chi connectivity index (χ1n) is 4.93. The second kappa shape index (κ2) is 4.84. The molecule has 6 heteroatoms. The molecule has 0 amide bonds. The number of aromatic nitrogens is 1. The minimum Gasteiger partial charge on any atom is -0.478 e. The van der Waals surface area contributed by atoms with E-state index in [2.05, 4.69) is 4.98 Å².